The number of pyridine rings is 2. The first-order chi connectivity index (χ1) is 35.3. The molecule has 73 heavy (non-hydrogen) atoms. The highest BCUT2D eigenvalue weighted by Gasteiger charge is 2.61. The van der Waals surface area contributed by atoms with Gasteiger partial charge in [-0.1, -0.05) is 18.2 Å². The highest BCUT2D eigenvalue weighted by molar-refractivity contribution is 6.15. The monoisotopic (exact) mass is 989 g/mol. The highest BCUT2D eigenvalue weighted by Crippen LogP contribution is 2.58. The van der Waals surface area contributed by atoms with Gasteiger partial charge in [0.15, 0.2) is 0 Å². The molecule has 15 nitrogen and oxygen atoms in total. The van der Waals surface area contributed by atoms with Crippen molar-refractivity contribution >= 4 is 51.6 Å². The Bertz CT molecular complexity index is 3180. The number of anilines is 2. The number of likely N-dealkylation sites (tertiary alicyclic amines) is 1. The minimum atomic E-state index is -0.647. The number of carbonyl (C=O) groups is 4. The summed E-state index contributed by atoms with van der Waals surface area (Å²) in [4.78, 5) is 81.5. The van der Waals surface area contributed by atoms with Gasteiger partial charge in [0.25, 0.3) is 11.5 Å². The van der Waals surface area contributed by atoms with Gasteiger partial charge in [-0.25, -0.2) is 9.37 Å². The molecule has 380 valence electrons. The number of hydrogen-bond donors (Lipinski definition) is 2. The van der Waals surface area contributed by atoms with E-state index in [9.17, 15) is 24.0 Å². The lowest BCUT2D eigenvalue weighted by Gasteiger charge is -2.42. The molecule has 0 radical (unpaired) electrons. The van der Waals surface area contributed by atoms with Crippen LogP contribution in [-0.4, -0.2) is 128 Å². The molecular weight excluding hydrogens is 924 g/mol. The number of fused-ring (bicyclic) bond motifs is 4. The molecular formula is C57H65FN10O5. The van der Waals surface area contributed by atoms with Gasteiger partial charge in [0.05, 0.1) is 11.1 Å². The number of nitrogens with zero attached hydrogens (tertiary/aromatic N) is 8. The molecule has 12 rings (SSSR count). The zero-order valence-electron chi connectivity index (χ0n) is 42.4. The van der Waals surface area contributed by atoms with E-state index >= 15 is 4.39 Å². The van der Waals surface area contributed by atoms with Gasteiger partial charge in [0.1, 0.15) is 17.5 Å². The normalized spacial score (nSPS) is 22.9. The van der Waals surface area contributed by atoms with Crippen molar-refractivity contribution in [1.29, 1.82) is 0 Å². The summed E-state index contributed by atoms with van der Waals surface area (Å²) in [5, 5.41) is 6.65. The first-order valence-electron chi connectivity index (χ1n) is 26.5. The molecule has 5 aromatic rings. The first-order valence-corrected chi connectivity index (χ1v) is 26.5. The highest BCUT2D eigenvalue weighted by atomic mass is 19.1. The number of benzene rings is 2. The van der Waals surface area contributed by atoms with Gasteiger partial charge in [-0.3, -0.25) is 53.5 Å². The van der Waals surface area contributed by atoms with E-state index in [0.717, 1.165) is 128 Å². The summed E-state index contributed by atoms with van der Waals surface area (Å²) in [6.45, 7) is 14.5. The van der Waals surface area contributed by atoms with Gasteiger partial charge in [0.2, 0.25) is 17.7 Å². The molecule has 16 heteroatoms. The van der Waals surface area contributed by atoms with Gasteiger partial charge in [-0.05, 0) is 130 Å². The fourth-order valence-electron chi connectivity index (χ4n) is 13.2. The van der Waals surface area contributed by atoms with Crippen LogP contribution in [0.1, 0.15) is 109 Å². The molecule has 9 heterocycles. The maximum absolute atomic E-state index is 16.2. The second-order valence-electron chi connectivity index (χ2n) is 21.9. The van der Waals surface area contributed by atoms with Crippen LogP contribution < -0.4 is 21.1 Å². The second kappa shape index (κ2) is 18.5. The van der Waals surface area contributed by atoms with E-state index in [1.165, 1.54) is 11.6 Å². The van der Waals surface area contributed by atoms with E-state index in [1.807, 2.05) is 49.3 Å². The number of amides is 4. The smallest absolute Gasteiger partial charge is 0.260 e. The zero-order chi connectivity index (χ0) is 50.4. The summed E-state index contributed by atoms with van der Waals surface area (Å²) in [7, 11) is 2.02. The lowest BCUT2D eigenvalue weighted by molar-refractivity contribution is -0.135. The Kier molecular flexibility index (Phi) is 12.0. The molecule has 3 saturated heterocycles. The summed E-state index contributed by atoms with van der Waals surface area (Å²) in [6.07, 6.45) is 11.1. The largest absolute Gasteiger partial charge is 0.384 e. The third-order valence-corrected chi connectivity index (χ3v) is 17.5. The van der Waals surface area contributed by atoms with Crippen molar-refractivity contribution in [2.75, 3.05) is 69.1 Å². The third kappa shape index (κ3) is 8.29. The molecule has 2 N–H and O–H groups in total. The predicted octanol–water partition coefficient (Wildman–Crippen LogP) is 6.23. The maximum atomic E-state index is 16.2. The third-order valence-electron chi connectivity index (χ3n) is 17.5. The summed E-state index contributed by atoms with van der Waals surface area (Å²) in [6, 6.07) is 15.4. The average molecular weight is 989 g/mol. The number of nitrogens with one attached hydrogen (secondary N) is 2. The number of aryl methyl sites for hydroxylation is 2. The summed E-state index contributed by atoms with van der Waals surface area (Å²) in [5.74, 6) is -0.652. The Hall–Kier alpha value is -6.49. The van der Waals surface area contributed by atoms with Gasteiger partial charge >= 0.3 is 0 Å². The van der Waals surface area contributed by atoms with Crippen molar-refractivity contribution in [3.63, 3.8) is 0 Å². The van der Waals surface area contributed by atoms with Crippen LogP contribution in [-0.2, 0) is 39.8 Å². The van der Waals surface area contributed by atoms with Crippen molar-refractivity contribution in [2.24, 2.45) is 13.0 Å². The van der Waals surface area contributed by atoms with Crippen LogP contribution in [0, 0.1) is 18.7 Å². The van der Waals surface area contributed by atoms with Crippen LogP contribution in [0.4, 0.5) is 15.8 Å². The zero-order valence-corrected chi connectivity index (χ0v) is 42.4. The van der Waals surface area contributed by atoms with Gasteiger partial charge in [-0.2, -0.15) is 0 Å². The Morgan fingerprint density at radius 2 is 1.75 bits per heavy atom. The Labute approximate surface area is 425 Å². The quantitative estimate of drug-likeness (QED) is 0.154. The second-order valence-corrected chi connectivity index (χ2v) is 21.9. The molecule has 2 aromatic carbocycles. The number of carbonyl (C=O) groups excluding carboxylic acids is 4. The van der Waals surface area contributed by atoms with Gasteiger partial charge in [0, 0.05) is 143 Å². The standard InChI is InChI=1S/C57H65FN10O5/c1-34-27-40(29-44(58)51(34)39-13-22-64(23-14-39)36(3)49-30-42-46(10-19-60-52(42)62(49)4)67-24-15-45-41(55(67)72)9-18-59-45)54(71)65-20-11-37(12-21-65)33-66-26-25-63(31-35(66)2)32-38-5-6-47-43(28-38)57(16-17-57)56(73)68(47)48-7-8-50(69)61-53(48)70/h5-6,10,13,15,19,24,27-30,35-37,48,59H,7-9,11-12,14,16-18,20-23,25-26,31-33H2,1-4H3,(H,61,69,70)/t35-,36-,48?/m0/s1. The molecule has 1 saturated carbocycles. The predicted molar refractivity (Wildman–Crippen MR) is 278 cm³/mol. The maximum Gasteiger partial charge on any atom is 0.260 e. The number of aromatic nitrogens is 3. The molecule has 0 bridgehead atoms. The van der Waals surface area contributed by atoms with Crippen LogP contribution in [0.5, 0.6) is 0 Å². The van der Waals surface area contributed by atoms with Gasteiger partial charge < -0.3 is 14.8 Å². The summed E-state index contributed by atoms with van der Waals surface area (Å²) < 4.78 is 20.0. The summed E-state index contributed by atoms with van der Waals surface area (Å²) in [5.41, 5.74) is 9.67. The Balaban J connectivity index is 0.636. The average Bonchev–Trinajstić information content (AvgIpc) is 3.83. The van der Waals surface area contributed by atoms with E-state index in [1.54, 1.807) is 15.7 Å². The number of halogens is 1. The van der Waals surface area contributed by atoms with Crippen LogP contribution in [0.15, 0.2) is 71.8 Å². The molecule has 4 fully saturated rings. The molecule has 3 aromatic heterocycles. The number of hydrogen-bond acceptors (Lipinski definition) is 10. The van der Waals surface area contributed by atoms with Crippen molar-refractivity contribution in [3.05, 3.63) is 122 Å². The van der Waals surface area contributed by atoms with Crippen LogP contribution >= 0.6 is 0 Å². The fraction of sp³-hybridized carbons (Fsp3) is 0.474. The van der Waals surface area contributed by atoms with E-state index in [-0.39, 0.29) is 47.5 Å². The SMILES string of the molecule is Cc1cc(C(=O)N2CCC(CN3CCN(Cc4ccc5c(c4)C4(CC4)C(=O)N5C4CCC(=O)NC4=O)C[C@@H]3C)CC2)cc(F)c1C1=CCN([C@@H](C)c2cc3c(-n4ccc5c(c4=O)CCN5)ccnc3n2C)CC1. The van der Waals surface area contributed by atoms with Gasteiger partial charge in [-0.15, -0.1) is 0 Å². The topological polar surface area (TPSA) is 148 Å². The van der Waals surface area contributed by atoms with Crippen molar-refractivity contribution in [1.82, 2.24) is 39.0 Å². The van der Waals surface area contributed by atoms with Crippen LogP contribution in [0.3, 0.4) is 0 Å². The van der Waals surface area contributed by atoms with Crippen LogP contribution in [0.25, 0.3) is 22.3 Å². The van der Waals surface area contributed by atoms with Crippen molar-refractivity contribution in [2.45, 2.75) is 102 Å². The molecule has 4 amide bonds. The van der Waals surface area contributed by atoms with E-state index < -0.39 is 11.5 Å². The number of rotatable bonds is 10. The Morgan fingerprint density at radius 3 is 2.49 bits per heavy atom. The molecule has 1 aliphatic carbocycles. The molecule has 3 atom stereocenters. The van der Waals surface area contributed by atoms with Crippen LogP contribution in [0.2, 0.25) is 0 Å². The van der Waals surface area contributed by atoms with Crippen molar-refractivity contribution < 1.29 is 23.6 Å². The van der Waals surface area contributed by atoms with E-state index in [4.69, 9.17) is 4.98 Å². The van der Waals surface area contributed by atoms with E-state index in [2.05, 4.69) is 68.0 Å². The molecule has 1 unspecified atom stereocenters. The lowest BCUT2D eigenvalue weighted by Crippen LogP contribution is -2.54. The number of imide groups is 1. The lowest BCUT2D eigenvalue weighted by atomic mass is 9.92. The minimum Gasteiger partial charge on any atom is -0.384 e. The Morgan fingerprint density at radius 1 is 0.932 bits per heavy atom. The molecule has 7 aliphatic rings. The minimum absolute atomic E-state index is 0.00149. The number of piperazine rings is 1. The van der Waals surface area contributed by atoms with Crippen molar-refractivity contribution in [3.8, 4) is 5.69 Å². The number of piperidine rings is 2. The fourth-order valence-corrected chi connectivity index (χ4v) is 13.2. The first kappa shape index (κ1) is 47.5. The molecule has 1 spiro atoms. The molecule has 6 aliphatic heterocycles. The summed E-state index contributed by atoms with van der Waals surface area (Å²) >= 11 is 0. The van der Waals surface area contributed by atoms with E-state index in [0.29, 0.717) is 62.0 Å².